The van der Waals surface area contributed by atoms with Gasteiger partial charge in [-0.1, -0.05) is 0 Å². The number of hydrogen-bond acceptors (Lipinski definition) is 5. The zero-order chi connectivity index (χ0) is 19.0. The Morgan fingerprint density at radius 2 is 1.27 bits per heavy atom. The summed E-state index contributed by atoms with van der Waals surface area (Å²) in [5, 5.41) is 17.8. The van der Waals surface area contributed by atoms with Gasteiger partial charge >= 0.3 is 0 Å². The van der Waals surface area contributed by atoms with Crippen LogP contribution >= 0.6 is 0 Å². The van der Waals surface area contributed by atoms with Gasteiger partial charge in [-0.25, -0.2) is 0 Å². The van der Waals surface area contributed by atoms with Crippen molar-refractivity contribution in [3.8, 4) is 0 Å². The Morgan fingerprint density at radius 1 is 0.769 bits per heavy atom. The topological polar surface area (TPSA) is 112 Å². The zero-order valence-corrected chi connectivity index (χ0v) is 15.2. The largest absolute Gasteiger partial charge is 0.304 e. The summed E-state index contributed by atoms with van der Waals surface area (Å²) < 4.78 is 4.66. The number of anilines is 2. The van der Waals surface area contributed by atoms with Crippen molar-refractivity contribution in [1.82, 2.24) is 29.3 Å². The van der Waals surface area contributed by atoms with Crippen LogP contribution in [0.1, 0.15) is 32.4 Å². The van der Waals surface area contributed by atoms with E-state index in [1.807, 2.05) is 13.8 Å². The lowest BCUT2D eigenvalue weighted by Gasteiger charge is -2.01. The molecule has 2 N–H and O–H groups in total. The quantitative estimate of drug-likeness (QED) is 0.724. The Hall–Kier alpha value is -3.43. The lowest BCUT2D eigenvalue weighted by Crippen LogP contribution is -2.16. The van der Waals surface area contributed by atoms with Crippen LogP contribution < -0.4 is 10.6 Å². The summed E-state index contributed by atoms with van der Waals surface area (Å²) in [5.41, 5.74) is 2.19. The van der Waals surface area contributed by atoms with Gasteiger partial charge in [0.25, 0.3) is 11.8 Å². The van der Waals surface area contributed by atoms with Crippen molar-refractivity contribution in [2.24, 2.45) is 21.1 Å². The molecular weight excluding hydrogens is 336 g/mol. The van der Waals surface area contributed by atoms with E-state index in [1.54, 1.807) is 42.6 Å². The summed E-state index contributed by atoms with van der Waals surface area (Å²) in [6.45, 7) is 3.76. The number of aromatic nitrogens is 6. The van der Waals surface area contributed by atoms with E-state index in [0.29, 0.717) is 11.6 Å². The predicted molar refractivity (Wildman–Crippen MR) is 95.0 cm³/mol. The van der Waals surface area contributed by atoms with Crippen molar-refractivity contribution < 1.29 is 9.59 Å². The first-order valence-electron chi connectivity index (χ1n) is 7.92. The van der Waals surface area contributed by atoms with Gasteiger partial charge < -0.3 is 10.6 Å². The molecule has 2 amide bonds. The van der Waals surface area contributed by atoms with E-state index in [4.69, 9.17) is 0 Å². The molecule has 3 aromatic rings. The number of nitrogens with one attached hydrogen (secondary N) is 2. The number of rotatable bonds is 4. The normalized spacial score (nSPS) is 10.8. The van der Waals surface area contributed by atoms with Crippen LogP contribution in [0.2, 0.25) is 0 Å². The third-order valence-electron chi connectivity index (χ3n) is 4.06. The molecule has 0 aliphatic carbocycles. The second-order valence-corrected chi connectivity index (χ2v) is 6.04. The molecule has 10 nitrogen and oxygen atoms in total. The Kier molecular flexibility index (Phi) is 4.33. The Balaban J connectivity index is 1.75. The van der Waals surface area contributed by atoms with E-state index in [2.05, 4.69) is 25.9 Å². The van der Waals surface area contributed by atoms with Crippen molar-refractivity contribution in [3.63, 3.8) is 0 Å². The third kappa shape index (κ3) is 3.34. The number of nitrogens with zero attached hydrogens (tertiary/aromatic N) is 6. The molecule has 136 valence electrons. The minimum absolute atomic E-state index is 0.123. The Morgan fingerprint density at radius 3 is 1.73 bits per heavy atom. The molecular formula is C16H20N8O2. The van der Waals surface area contributed by atoms with Crippen LogP contribution in [0.4, 0.5) is 11.6 Å². The number of carbonyl (C=O) groups is 2. The molecule has 0 unspecified atom stereocenters. The van der Waals surface area contributed by atoms with Gasteiger partial charge in [-0.15, -0.1) is 0 Å². The number of hydrogen-bond donors (Lipinski definition) is 2. The highest BCUT2D eigenvalue weighted by Gasteiger charge is 2.19. The fraction of sp³-hybridized carbons (Fsp3) is 0.312. The van der Waals surface area contributed by atoms with Gasteiger partial charge in [-0.2, -0.15) is 15.3 Å². The minimum atomic E-state index is -0.438. The van der Waals surface area contributed by atoms with Gasteiger partial charge in [-0.3, -0.25) is 23.6 Å². The van der Waals surface area contributed by atoms with Crippen LogP contribution in [0.3, 0.4) is 0 Å². The van der Waals surface area contributed by atoms with Crippen molar-refractivity contribution >= 4 is 23.5 Å². The molecule has 10 heteroatoms. The van der Waals surface area contributed by atoms with Gasteiger partial charge in [0.15, 0.2) is 17.3 Å². The predicted octanol–water partition coefficient (Wildman–Crippen LogP) is 1.01. The third-order valence-corrected chi connectivity index (χ3v) is 4.06. The fourth-order valence-corrected chi connectivity index (χ4v) is 2.39. The van der Waals surface area contributed by atoms with Gasteiger partial charge in [0, 0.05) is 50.7 Å². The van der Waals surface area contributed by atoms with Crippen LogP contribution in [0.25, 0.3) is 0 Å². The summed E-state index contributed by atoms with van der Waals surface area (Å²) >= 11 is 0. The molecule has 26 heavy (non-hydrogen) atoms. The van der Waals surface area contributed by atoms with Gasteiger partial charge in [0.2, 0.25) is 0 Å². The molecule has 0 radical (unpaired) electrons. The summed E-state index contributed by atoms with van der Waals surface area (Å²) in [6, 6.07) is 4.93. The van der Waals surface area contributed by atoms with E-state index in [9.17, 15) is 9.59 Å². The first-order valence-corrected chi connectivity index (χ1v) is 7.92. The summed E-state index contributed by atoms with van der Waals surface area (Å²) in [6.07, 6.45) is 0. The minimum Gasteiger partial charge on any atom is -0.304 e. The van der Waals surface area contributed by atoms with E-state index in [1.165, 1.54) is 10.7 Å². The van der Waals surface area contributed by atoms with Crippen molar-refractivity contribution in [3.05, 3.63) is 41.0 Å². The first-order chi connectivity index (χ1) is 12.2. The molecule has 0 bridgehead atoms. The maximum atomic E-state index is 12.4. The van der Waals surface area contributed by atoms with Crippen molar-refractivity contribution in [2.75, 3.05) is 10.6 Å². The number of amides is 2. The van der Waals surface area contributed by atoms with Gasteiger partial charge in [0.1, 0.15) is 5.69 Å². The average Bonchev–Trinajstić information content (AvgIpc) is 3.19. The van der Waals surface area contributed by atoms with Crippen LogP contribution in [-0.4, -0.2) is 41.2 Å². The zero-order valence-electron chi connectivity index (χ0n) is 15.2. The molecule has 0 saturated heterocycles. The number of carbonyl (C=O) groups excluding carboxylic acids is 2. The number of aryl methyl sites for hydroxylation is 5. The van der Waals surface area contributed by atoms with Crippen molar-refractivity contribution in [1.29, 1.82) is 0 Å². The van der Waals surface area contributed by atoms with Crippen LogP contribution in [0.5, 0.6) is 0 Å². The van der Waals surface area contributed by atoms with Crippen molar-refractivity contribution in [2.45, 2.75) is 13.8 Å². The summed E-state index contributed by atoms with van der Waals surface area (Å²) in [5.74, 6) is 0.0269. The van der Waals surface area contributed by atoms with E-state index < -0.39 is 11.8 Å². The standard InChI is InChI=1S/C16H20N8O2/c1-9-6-13(20-22(9)3)17-15(25)11-8-12(24(5)19-11)16(26)18-14-7-10(2)23(4)21-14/h6-8H,1-5H3,(H,17,20,25)(H,18,21,26). The molecule has 0 aromatic carbocycles. The average molecular weight is 356 g/mol. The highest BCUT2D eigenvalue weighted by Crippen LogP contribution is 2.12. The monoisotopic (exact) mass is 356 g/mol. The highest BCUT2D eigenvalue weighted by atomic mass is 16.2. The van der Waals surface area contributed by atoms with E-state index in [0.717, 1.165) is 11.4 Å². The van der Waals surface area contributed by atoms with Crippen LogP contribution in [0.15, 0.2) is 18.2 Å². The SMILES string of the molecule is Cc1cc(NC(=O)c2cc(C(=O)Nc3cc(C)n(C)n3)n(C)n2)nn1C. The van der Waals surface area contributed by atoms with Crippen LogP contribution in [0, 0.1) is 13.8 Å². The molecule has 0 atom stereocenters. The smallest absolute Gasteiger partial charge is 0.277 e. The molecule has 0 fully saturated rings. The first kappa shape index (κ1) is 17.4. The molecule has 0 aliphatic rings. The maximum Gasteiger partial charge on any atom is 0.277 e. The Labute approximate surface area is 149 Å². The highest BCUT2D eigenvalue weighted by molar-refractivity contribution is 6.07. The van der Waals surface area contributed by atoms with Gasteiger partial charge in [-0.05, 0) is 13.8 Å². The van der Waals surface area contributed by atoms with E-state index >= 15 is 0 Å². The lowest BCUT2D eigenvalue weighted by molar-refractivity contribution is 0.101. The molecule has 3 heterocycles. The Bertz CT molecular complexity index is 955. The molecule has 3 aromatic heterocycles. The second kappa shape index (κ2) is 6.47. The molecule has 0 spiro atoms. The fourth-order valence-electron chi connectivity index (χ4n) is 2.39. The van der Waals surface area contributed by atoms with Crippen LogP contribution in [-0.2, 0) is 21.1 Å². The lowest BCUT2D eigenvalue weighted by atomic mass is 10.3. The maximum absolute atomic E-state index is 12.4. The second-order valence-electron chi connectivity index (χ2n) is 6.04. The molecule has 0 aliphatic heterocycles. The van der Waals surface area contributed by atoms with Gasteiger partial charge in [0.05, 0.1) is 0 Å². The van der Waals surface area contributed by atoms with E-state index in [-0.39, 0.29) is 11.4 Å². The summed E-state index contributed by atoms with van der Waals surface area (Å²) in [7, 11) is 5.17. The molecule has 0 saturated carbocycles. The summed E-state index contributed by atoms with van der Waals surface area (Å²) in [4.78, 5) is 24.8. The molecule has 3 rings (SSSR count).